The van der Waals surface area contributed by atoms with E-state index >= 15 is 0 Å². The van der Waals surface area contributed by atoms with E-state index in [4.69, 9.17) is 10.1 Å². The van der Waals surface area contributed by atoms with Gasteiger partial charge >= 0.3 is 0 Å². The molecule has 0 spiro atoms. The number of rotatable bonds is 4. The molecule has 0 fully saturated rings. The lowest BCUT2D eigenvalue weighted by atomic mass is 9.99. The molecule has 0 heterocycles. The Kier molecular flexibility index (Phi) is 4.53. The minimum absolute atomic E-state index is 0.282. The Balaban J connectivity index is 1.78. The molecule has 23 heavy (non-hydrogen) atoms. The van der Waals surface area contributed by atoms with Gasteiger partial charge in [0.2, 0.25) is 0 Å². The predicted molar refractivity (Wildman–Crippen MR) is 95.8 cm³/mol. The lowest BCUT2D eigenvalue weighted by molar-refractivity contribution is 0.390. The first-order chi connectivity index (χ1) is 11.3. The molecule has 3 aromatic carbocycles. The van der Waals surface area contributed by atoms with Gasteiger partial charge in [0.1, 0.15) is 0 Å². The molecule has 0 amide bonds. The van der Waals surface area contributed by atoms with Crippen LogP contribution < -0.4 is 0 Å². The van der Waals surface area contributed by atoms with Crippen molar-refractivity contribution in [2.24, 2.45) is 0 Å². The minimum atomic E-state index is 0.282. The number of hydrogen-bond acceptors (Lipinski definition) is 2. The molecule has 0 aliphatic carbocycles. The maximum Gasteiger partial charge on any atom is 0.184 e. The van der Waals surface area contributed by atoms with Crippen LogP contribution in [0.1, 0.15) is 5.56 Å². The van der Waals surface area contributed by atoms with Crippen molar-refractivity contribution >= 4 is 5.90 Å². The number of nitrogens with one attached hydrogen (secondary N) is 1. The average molecular weight is 301 g/mol. The number of benzene rings is 3. The second kappa shape index (κ2) is 6.93. The van der Waals surface area contributed by atoms with Crippen LogP contribution in [-0.4, -0.2) is 13.0 Å². The number of ether oxygens (including phenoxy) is 1. The summed E-state index contributed by atoms with van der Waals surface area (Å²) in [7, 11) is 1.53. The van der Waals surface area contributed by atoms with Crippen LogP contribution in [-0.2, 0) is 11.2 Å². The molecular weight excluding hydrogens is 282 g/mol. The molecule has 0 aromatic heterocycles. The fourth-order valence-electron chi connectivity index (χ4n) is 2.56. The molecule has 2 nitrogen and oxygen atoms in total. The monoisotopic (exact) mass is 301 g/mol. The van der Waals surface area contributed by atoms with E-state index in [2.05, 4.69) is 60.7 Å². The Morgan fingerprint density at radius 1 is 0.696 bits per heavy atom. The van der Waals surface area contributed by atoms with Gasteiger partial charge in [-0.15, -0.1) is 0 Å². The quantitative estimate of drug-likeness (QED) is 0.522. The molecule has 3 aromatic rings. The second-order valence-electron chi connectivity index (χ2n) is 5.44. The minimum Gasteiger partial charge on any atom is -0.484 e. The molecule has 0 aliphatic heterocycles. The van der Waals surface area contributed by atoms with Crippen LogP contribution in [0.2, 0.25) is 0 Å². The van der Waals surface area contributed by atoms with Gasteiger partial charge in [-0.05, 0) is 27.8 Å². The summed E-state index contributed by atoms with van der Waals surface area (Å²) in [6.45, 7) is 0. The van der Waals surface area contributed by atoms with Crippen molar-refractivity contribution in [3.63, 3.8) is 0 Å². The van der Waals surface area contributed by atoms with E-state index in [-0.39, 0.29) is 5.90 Å². The summed E-state index contributed by atoms with van der Waals surface area (Å²) in [6, 6.07) is 27.3. The summed E-state index contributed by atoms with van der Waals surface area (Å²) in [5, 5.41) is 7.58. The molecule has 3 rings (SSSR count). The van der Waals surface area contributed by atoms with E-state index in [1.807, 2.05) is 18.2 Å². The highest BCUT2D eigenvalue weighted by molar-refractivity contribution is 5.76. The highest BCUT2D eigenvalue weighted by Gasteiger charge is 2.02. The van der Waals surface area contributed by atoms with Gasteiger partial charge in [-0.2, -0.15) is 0 Å². The fraction of sp³-hybridized carbons (Fsp3) is 0.0952. The highest BCUT2D eigenvalue weighted by Crippen LogP contribution is 2.25. The van der Waals surface area contributed by atoms with Gasteiger partial charge in [-0.25, -0.2) is 0 Å². The van der Waals surface area contributed by atoms with Crippen molar-refractivity contribution in [2.75, 3.05) is 7.11 Å². The Hall–Kier alpha value is -2.87. The first-order valence-electron chi connectivity index (χ1n) is 7.62. The van der Waals surface area contributed by atoms with Crippen LogP contribution in [0.15, 0.2) is 78.9 Å². The molecule has 0 bridgehead atoms. The second-order valence-corrected chi connectivity index (χ2v) is 5.44. The zero-order valence-corrected chi connectivity index (χ0v) is 13.1. The standard InChI is InChI=1S/C21H19NO/c1-23-21(22)15-16-7-9-18(10-8-16)20-13-11-19(12-14-20)17-5-3-2-4-6-17/h2-14,22H,15H2,1H3. The summed E-state index contributed by atoms with van der Waals surface area (Å²) < 4.78 is 4.91. The lowest BCUT2D eigenvalue weighted by Crippen LogP contribution is -2.03. The summed E-state index contributed by atoms with van der Waals surface area (Å²) in [4.78, 5) is 0. The van der Waals surface area contributed by atoms with E-state index in [0.29, 0.717) is 6.42 Å². The smallest absolute Gasteiger partial charge is 0.184 e. The van der Waals surface area contributed by atoms with Gasteiger partial charge < -0.3 is 4.74 Å². The largest absolute Gasteiger partial charge is 0.484 e. The third-order valence-electron chi connectivity index (χ3n) is 3.89. The number of hydrogen-bond donors (Lipinski definition) is 1. The molecule has 0 aliphatic rings. The van der Waals surface area contributed by atoms with E-state index in [0.717, 1.165) is 5.56 Å². The zero-order chi connectivity index (χ0) is 16.1. The van der Waals surface area contributed by atoms with Crippen molar-refractivity contribution in [1.29, 1.82) is 5.41 Å². The summed E-state index contributed by atoms with van der Waals surface area (Å²) in [5.41, 5.74) is 5.91. The molecule has 1 N–H and O–H groups in total. The molecule has 0 saturated carbocycles. The van der Waals surface area contributed by atoms with Gasteiger partial charge in [0, 0.05) is 6.42 Å². The lowest BCUT2D eigenvalue weighted by Gasteiger charge is -2.07. The predicted octanol–water partition coefficient (Wildman–Crippen LogP) is 5.19. The van der Waals surface area contributed by atoms with Gasteiger partial charge in [-0.3, -0.25) is 5.41 Å². The Morgan fingerprint density at radius 2 is 1.13 bits per heavy atom. The van der Waals surface area contributed by atoms with Gasteiger partial charge in [0.15, 0.2) is 5.90 Å². The van der Waals surface area contributed by atoms with Gasteiger partial charge in [0.05, 0.1) is 7.11 Å². The van der Waals surface area contributed by atoms with E-state index in [1.54, 1.807) is 0 Å². The molecule has 0 atom stereocenters. The van der Waals surface area contributed by atoms with Crippen molar-refractivity contribution in [1.82, 2.24) is 0 Å². The molecule has 0 saturated heterocycles. The topological polar surface area (TPSA) is 33.1 Å². The fourth-order valence-corrected chi connectivity index (χ4v) is 2.56. The number of methoxy groups -OCH3 is 1. The third-order valence-corrected chi connectivity index (χ3v) is 3.89. The first kappa shape index (κ1) is 15.0. The van der Waals surface area contributed by atoms with Crippen LogP contribution in [0.3, 0.4) is 0 Å². The average Bonchev–Trinajstić information content (AvgIpc) is 2.63. The van der Waals surface area contributed by atoms with Crippen LogP contribution in [0.4, 0.5) is 0 Å². The Morgan fingerprint density at radius 3 is 1.61 bits per heavy atom. The maximum absolute atomic E-state index is 7.58. The summed E-state index contributed by atoms with van der Waals surface area (Å²) in [6.07, 6.45) is 0.531. The van der Waals surface area contributed by atoms with E-state index < -0.39 is 0 Å². The van der Waals surface area contributed by atoms with Gasteiger partial charge in [0.25, 0.3) is 0 Å². The van der Waals surface area contributed by atoms with Crippen molar-refractivity contribution in [3.8, 4) is 22.3 Å². The maximum atomic E-state index is 7.58. The molecule has 2 heteroatoms. The summed E-state index contributed by atoms with van der Waals surface area (Å²) in [5.74, 6) is 0.282. The van der Waals surface area contributed by atoms with Crippen LogP contribution in [0.25, 0.3) is 22.3 Å². The van der Waals surface area contributed by atoms with E-state index in [1.165, 1.54) is 29.4 Å². The van der Waals surface area contributed by atoms with Crippen molar-refractivity contribution < 1.29 is 4.74 Å². The Labute approximate surface area is 136 Å². The van der Waals surface area contributed by atoms with Crippen LogP contribution in [0.5, 0.6) is 0 Å². The third kappa shape index (κ3) is 3.67. The van der Waals surface area contributed by atoms with Crippen molar-refractivity contribution in [2.45, 2.75) is 6.42 Å². The molecule has 0 unspecified atom stereocenters. The van der Waals surface area contributed by atoms with Crippen LogP contribution in [0, 0.1) is 5.41 Å². The van der Waals surface area contributed by atoms with Gasteiger partial charge in [-0.1, -0.05) is 78.9 Å². The molecular formula is C21H19NO. The normalized spacial score (nSPS) is 10.3. The summed E-state index contributed by atoms with van der Waals surface area (Å²) >= 11 is 0. The van der Waals surface area contributed by atoms with E-state index in [9.17, 15) is 0 Å². The van der Waals surface area contributed by atoms with Crippen LogP contribution >= 0.6 is 0 Å². The molecule has 0 radical (unpaired) electrons. The Bertz CT molecular complexity index is 774. The highest BCUT2D eigenvalue weighted by atomic mass is 16.5. The zero-order valence-electron chi connectivity index (χ0n) is 13.1. The first-order valence-corrected chi connectivity index (χ1v) is 7.62. The molecule has 114 valence electrons. The van der Waals surface area contributed by atoms with Crippen molar-refractivity contribution in [3.05, 3.63) is 84.4 Å². The SMILES string of the molecule is COC(=N)Cc1ccc(-c2ccc(-c3ccccc3)cc2)cc1.